The van der Waals surface area contributed by atoms with E-state index in [4.69, 9.17) is 0 Å². The van der Waals surface area contributed by atoms with E-state index in [1.807, 2.05) is 37.3 Å². The molecule has 35 heavy (non-hydrogen) atoms. The number of hydrogen-bond acceptors (Lipinski definition) is 3. The number of hydrogen-bond donors (Lipinski definition) is 1. The molecule has 182 valence electrons. The number of nitrogens with zero attached hydrogens (tertiary/aromatic N) is 2. The Morgan fingerprint density at radius 3 is 2.34 bits per heavy atom. The zero-order chi connectivity index (χ0) is 24.6. The first kappa shape index (κ1) is 23.6. The first-order valence-corrected chi connectivity index (χ1v) is 13.8. The molecule has 1 saturated heterocycles. The van der Waals surface area contributed by atoms with E-state index in [2.05, 4.69) is 28.9 Å². The van der Waals surface area contributed by atoms with Crippen LogP contribution in [0.15, 0.2) is 65.6 Å². The monoisotopic (exact) mass is 489 g/mol. The Hall–Kier alpha value is -3.16. The summed E-state index contributed by atoms with van der Waals surface area (Å²) in [6.07, 6.45) is 3.84. The SMILES string of the molecule is CCn1c2ccccc2c2cc(NC(=O)c3cc(S(=O)(=O)N4CCCCCC4)ccc3C)ccc21. The van der Waals surface area contributed by atoms with Gasteiger partial charge in [-0.25, -0.2) is 8.42 Å². The van der Waals surface area contributed by atoms with Gasteiger partial charge in [0.2, 0.25) is 10.0 Å². The van der Waals surface area contributed by atoms with Crippen LogP contribution in [0.2, 0.25) is 0 Å². The van der Waals surface area contributed by atoms with Gasteiger partial charge in [0.25, 0.3) is 5.91 Å². The summed E-state index contributed by atoms with van der Waals surface area (Å²) >= 11 is 0. The van der Waals surface area contributed by atoms with Crippen molar-refractivity contribution < 1.29 is 13.2 Å². The van der Waals surface area contributed by atoms with E-state index in [0.29, 0.717) is 24.3 Å². The number of para-hydroxylation sites is 1. The smallest absolute Gasteiger partial charge is 0.255 e. The highest BCUT2D eigenvalue weighted by Gasteiger charge is 2.26. The second-order valence-corrected chi connectivity index (χ2v) is 11.2. The van der Waals surface area contributed by atoms with Crippen molar-refractivity contribution in [3.63, 3.8) is 0 Å². The van der Waals surface area contributed by atoms with Crippen LogP contribution in [-0.4, -0.2) is 36.3 Å². The molecular formula is C28H31N3O3S. The summed E-state index contributed by atoms with van der Waals surface area (Å²) in [5.74, 6) is -0.311. The van der Waals surface area contributed by atoms with Crippen LogP contribution >= 0.6 is 0 Å². The molecule has 3 aromatic carbocycles. The Kier molecular flexibility index (Phi) is 6.38. The summed E-state index contributed by atoms with van der Waals surface area (Å²) in [4.78, 5) is 13.5. The number of carbonyl (C=O) groups is 1. The third-order valence-corrected chi connectivity index (χ3v) is 8.90. The molecule has 0 saturated carbocycles. The molecule has 0 aliphatic carbocycles. The first-order valence-electron chi connectivity index (χ1n) is 12.3. The molecule has 7 heteroatoms. The minimum Gasteiger partial charge on any atom is -0.341 e. The van der Waals surface area contributed by atoms with Gasteiger partial charge in [-0.2, -0.15) is 4.31 Å². The van der Waals surface area contributed by atoms with Gasteiger partial charge in [-0.3, -0.25) is 4.79 Å². The van der Waals surface area contributed by atoms with Crippen molar-refractivity contribution in [3.05, 3.63) is 71.8 Å². The van der Waals surface area contributed by atoms with Crippen LogP contribution in [0.1, 0.15) is 48.5 Å². The van der Waals surface area contributed by atoms with Crippen LogP contribution in [-0.2, 0) is 16.6 Å². The molecule has 2 heterocycles. The topological polar surface area (TPSA) is 71.4 Å². The summed E-state index contributed by atoms with van der Waals surface area (Å²) in [5.41, 5.74) is 4.07. The maximum atomic E-state index is 13.3. The van der Waals surface area contributed by atoms with Crippen molar-refractivity contribution in [2.45, 2.75) is 51.0 Å². The third kappa shape index (κ3) is 4.34. The molecule has 5 rings (SSSR count). The molecule has 0 radical (unpaired) electrons. The van der Waals surface area contributed by atoms with Crippen molar-refractivity contribution in [1.82, 2.24) is 8.87 Å². The second kappa shape index (κ2) is 9.47. The normalized spacial score (nSPS) is 15.4. The highest BCUT2D eigenvalue weighted by atomic mass is 32.2. The quantitative estimate of drug-likeness (QED) is 0.377. The number of aryl methyl sites for hydroxylation is 2. The zero-order valence-electron chi connectivity index (χ0n) is 20.3. The lowest BCUT2D eigenvalue weighted by atomic mass is 10.1. The van der Waals surface area contributed by atoms with Crippen LogP contribution < -0.4 is 5.32 Å². The Morgan fingerprint density at radius 2 is 1.60 bits per heavy atom. The fraction of sp³-hybridized carbons (Fsp3) is 0.321. The Labute approximate surface area is 206 Å². The predicted molar refractivity (Wildman–Crippen MR) is 141 cm³/mol. The minimum absolute atomic E-state index is 0.177. The Morgan fingerprint density at radius 1 is 0.886 bits per heavy atom. The summed E-state index contributed by atoms with van der Waals surface area (Å²) in [6.45, 7) is 5.87. The summed E-state index contributed by atoms with van der Waals surface area (Å²) < 4.78 is 30.4. The molecule has 0 unspecified atom stereocenters. The standard InChI is InChI=1S/C28H31N3O3S/c1-3-31-26-11-7-6-10-23(26)25-18-21(13-15-27(25)31)29-28(32)24-19-22(14-12-20(24)2)35(33,34)30-16-8-4-5-9-17-30/h6-7,10-15,18-19H,3-5,8-9,16-17H2,1-2H3,(H,29,32). The lowest BCUT2D eigenvalue weighted by Crippen LogP contribution is -2.32. The van der Waals surface area contributed by atoms with E-state index in [1.165, 1.54) is 6.07 Å². The molecule has 1 aliphatic heterocycles. The minimum atomic E-state index is -3.63. The van der Waals surface area contributed by atoms with Crippen LogP contribution in [0.5, 0.6) is 0 Å². The van der Waals surface area contributed by atoms with E-state index < -0.39 is 10.0 Å². The van der Waals surface area contributed by atoms with Gasteiger partial charge in [0.05, 0.1) is 4.90 Å². The van der Waals surface area contributed by atoms with Crippen molar-refractivity contribution in [3.8, 4) is 0 Å². The lowest BCUT2D eigenvalue weighted by molar-refractivity contribution is 0.102. The fourth-order valence-electron chi connectivity index (χ4n) is 5.11. The van der Waals surface area contributed by atoms with Crippen LogP contribution in [0.3, 0.4) is 0 Å². The summed E-state index contributed by atoms with van der Waals surface area (Å²) in [5, 5.41) is 5.21. The van der Waals surface area contributed by atoms with Gasteiger partial charge >= 0.3 is 0 Å². The summed E-state index contributed by atoms with van der Waals surface area (Å²) in [7, 11) is -3.63. The van der Waals surface area contributed by atoms with Crippen LogP contribution in [0.4, 0.5) is 5.69 Å². The number of benzene rings is 3. The first-order chi connectivity index (χ1) is 16.9. The Balaban J connectivity index is 1.46. The van der Waals surface area contributed by atoms with Gasteiger partial charge in [-0.05, 0) is 68.7 Å². The van der Waals surface area contributed by atoms with Gasteiger partial charge in [-0.1, -0.05) is 37.1 Å². The van der Waals surface area contributed by atoms with E-state index in [0.717, 1.165) is 59.6 Å². The number of anilines is 1. The van der Waals surface area contributed by atoms with Gasteiger partial charge in [0.1, 0.15) is 0 Å². The molecule has 0 spiro atoms. The predicted octanol–water partition coefficient (Wildman–Crippen LogP) is 5.94. The van der Waals surface area contributed by atoms with E-state index in [1.54, 1.807) is 16.4 Å². The average molecular weight is 490 g/mol. The number of rotatable bonds is 5. The van der Waals surface area contributed by atoms with E-state index in [9.17, 15) is 13.2 Å². The number of carbonyl (C=O) groups excluding carboxylic acids is 1. The van der Waals surface area contributed by atoms with Crippen molar-refractivity contribution in [2.75, 3.05) is 18.4 Å². The van der Waals surface area contributed by atoms with Crippen molar-refractivity contribution in [2.24, 2.45) is 0 Å². The largest absolute Gasteiger partial charge is 0.341 e. The molecule has 1 aliphatic rings. The molecule has 1 amide bonds. The highest BCUT2D eigenvalue weighted by Crippen LogP contribution is 2.31. The molecule has 1 aromatic heterocycles. The Bertz CT molecular complexity index is 1510. The number of fused-ring (bicyclic) bond motifs is 3. The number of nitrogens with one attached hydrogen (secondary N) is 1. The highest BCUT2D eigenvalue weighted by molar-refractivity contribution is 7.89. The molecule has 4 aromatic rings. The molecule has 6 nitrogen and oxygen atoms in total. The number of sulfonamides is 1. The van der Waals surface area contributed by atoms with Crippen molar-refractivity contribution >= 4 is 43.4 Å². The van der Waals surface area contributed by atoms with Gasteiger partial charge < -0.3 is 9.88 Å². The van der Waals surface area contributed by atoms with Gasteiger partial charge in [0, 0.05) is 52.7 Å². The molecule has 1 fully saturated rings. The lowest BCUT2D eigenvalue weighted by Gasteiger charge is -2.20. The van der Waals surface area contributed by atoms with Gasteiger partial charge in [-0.15, -0.1) is 0 Å². The maximum absolute atomic E-state index is 13.3. The molecular weight excluding hydrogens is 458 g/mol. The number of amides is 1. The molecule has 0 bridgehead atoms. The fourth-order valence-corrected chi connectivity index (χ4v) is 6.65. The maximum Gasteiger partial charge on any atom is 0.255 e. The molecule has 0 atom stereocenters. The zero-order valence-corrected chi connectivity index (χ0v) is 21.1. The van der Waals surface area contributed by atoms with Gasteiger partial charge in [0.15, 0.2) is 0 Å². The average Bonchev–Trinajstić information content (AvgIpc) is 2.99. The van der Waals surface area contributed by atoms with E-state index in [-0.39, 0.29) is 10.8 Å². The third-order valence-electron chi connectivity index (χ3n) is 7.00. The summed E-state index contributed by atoms with van der Waals surface area (Å²) in [6, 6.07) is 19.0. The second-order valence-electron chi connectivity index (χ2n) is 9.24. The molecule has 1 N–H and O–H groups in total. The van der Waals surface area contributed by atoms with E-state index >= 15 is 0 Å². The van der Waals surface area contributed by atoms with Crippen molar-refractivity contribution in [1.29, 1.82) is 0 Å². The van der Waals surface area contributed by atoms with Crippen LogP contribution in [0, 0.1) is 6.92 Å². The number of aromatic nitrogens is 1. The van der Waals surface area contributed by atoms with Crippen LogP contribution in [0.25, 0.3) is 21.8 Å².